The molecule has 0 radical (unpaired) electrons. The van der Waals surface area contributed by atoms with Crippen LogP contribution in [0.4, 0.5) is 13.2 Å². The van der Waals surface area contributed by atoms with E-state index in [0.29, 0.717) is 11.8 Å². The van der Waals surface area contributed by atoms with Crippen LogP contribution in [0.3, 0.4) is 0 Å². The van der Waals surface area contributed by atoms with E-state index in [1.165, 1.54) is 0 Å². The first kappa shape index (κ1) is 24.2. The summed E-state index contributed by atoms with van der Waals surface area (Å²) >= 11 is 0. The lowest BCUT2D eigenvalue weighted by Gasteiger charge is -2.11. The van der Waals surface area contributed by atoms with Crippen molar-refractivity contribution in [2.75, 3.05) is 6.61 Å². The first-order chi connectivity index (χ1) is 16.8. The number of hydrogen-bond acceptors (Lipinski definition) is 4. The van der Waals surface area contributed by atoms with Crippen molar-refractivity contribution in [1.29, 1.82) is 0 Å². The highest BCUT2D eigenvalue weighted by Gasteiger charge is 2.31. The van der Waals surface area contributed by atoms with Crippen molar-refractivity contribution in [2.24, 2.45) is 0 Å². The monoisotopic (exact) mass is 497 g/mol. The molecular weight excluding hydrogens is 477 g/mol. The van der Waals surface area contributed by atoms with Crippen LogP contribution < -0.4 is 9.47 Å². The quantitative estimate of drug-likeness (QED) is 0.180. The molecule has 4 nitrogen and oxygen atoms in total. The lowest BCUT2D eigenvalue weighted by Crippen LogP contribution is -2.18. The van der Waals surface area contributed by atoms with Crippen molar-refractivity contribution < 1.29 is 32.5 Å². The highest BCUT2D eigenvalue weighted by molar-refractivity contribution is 7.97. The molecule has 4 rings (SSSR count). The number of hydrogen-bond donors (Lipinski definition) is 1. The van der Waals surface area contributed by atoms with Gasteiger partial charge in [0.05, 0.1) is 16.5 Å². The van der Waals surface area contributed by atoms with Crippen molar-refractivity contribution in [3.63, 3.8) is 0 Å². The van der Waals surface area contributed by atoms with Gasteiger partial charge in [0.15, 0.2) is 32.8 Å². The molecule has 0 aliphatic carbocycles. The van der Waals surface area contributed by atoms with Gasteiger partial charge in [-0.2, -0.15) is 13.2 Å². The van der Waals surface area contributed by atoms with Gasteiger partial charge >= 0.3 is 12.1 Å². The van der Waals surface area contributed by atoms with E-state index in [9.17, 15) is 23.1 Å². The average Bonchev–Trinajstić information content (AvgIpc) is 2.86. The van der Waals surface area contributed by atoms with Crippen molar-refractivity contribution >= 4 is 16.9 Å². The normalized spacial score (nSPS) is 11.3. The Balaban J connectivity index is 1.42. The largest absolute Gasteiger partial charge is 0.504 e. The Morgan fingerprint density at radius 1 is 0.771 bits per heavy atom. The lowest BCUT2D eigenvalue weighted by atomic mass is 10.2. The van der Waals surface area contributed by atoms with Gasteiger partial charge < -0.3 is 14.6 Å². The molecule has 0 aromatic heterocycles. The van der Waals surface area contributed by atoms with Crippen molar-refractivity contribution in [1.82, 2.24) is 0 Å². The van der Waals surface area contributed by atoms with Crippen molar-refractivity contribution in [3.8, 4) is 17.2 Å². The number of esters is 1. The second-order valence-electron chi connectivity index (χ2n) is 7.35. The molecule has 0 unspecified atom stereocenters. The van der Waals surface area contributed by atoms with Crippen LogP contribution in [0.1, 0.15) is 5.56 Å². The number of ether oxygens (including phenoxy) is 2. The summed E-state index contributed by atoms with van der Waals surface area (Å²) in [7, 11) is -0.328. The molecule has 35 heavy (non-hydrogen) atoms. The molecule has 178 valence electrons. The average molecular weight is 498 g/mol. The van der Waals surface area contributed by atoms with Gasteiger partial charge in [-0.3, -0.25) is 0 Å². The maximum atomic E-state index is 12.7. The maximum absolute atomic E-state index is 12.7. The Morgan fingerprint density at radius 3 is 1.83 bits per heavy atom. The van der Waals surface area contributed by atoms with Gasteiger partial charge in [0.1, 0.15) is 5.75 Å². The number of alkyl halides is 3. The van der Waals surface area contributed by atoms with Crippen LogP contribution in [-0.4, -0.2) is 17.7 Å². The predicted molar refractivity (Wildman–Crippen MR) is 126 cm³/mol. The molecule has 0 saturated carbocycles. The van der Waals surface area contributed by atoms with E-state index < -0.39 is 30.1 Å². The number of aromatic hydroxyl groups is 1. The molecule has 4 aromatic rings. The summed E-state index contributed by atoms with van der Waals surface area (Å²) in [6, 6.07) is 29.7. The molecule has 0 aliphatic rings. The molecule has 0 saturated heterocycles. The fourth-order valence-electron chi connectivity index (χ4n) is 3.27. The van der Waals surface area contributed by atoms with E-state index in [4.69, 9.17) is 9.47 Å². The Bertz CT molecular complexity index is 1240. The molecule has 0 aliphatic heterocycles. The minimum atomic E-state index is -4.62. The molecule has 0 heterocycles. The molecule has 4 aromatic carbocycles. The Kier molecular flexibility index (Phi) is 7.31. The Labute approximate surface area is 202 Å². The summed E-state index contributed by atoms with van der Waals surface area (Å²) in [5, 5.41) is 9.74. The van der Waals surface area contributed by atoms with E-state index in [2.05, 4.69) is 24.3 Å². The number of halogens is 3. The molecule has 0 bridgehead atoms. The fraction of sp³-hybridized carbons (Fsp3) is 0.0741. The molecule has 0 fully saturated rings. The summed E-state index contributed by atoms with van der Waals surface area (Å²) in [5.74, 6) is -1.60. The van der Waals surface area contributed by atoms with E-state index in [0.717, 1.165) is 26.8 Å². The van der Waals surface area contributed by atoms with Gasteiger partial charge in [0.2, 0.25) is 0 Å². The second-order valence-corrected chi connectivity index (χ2v) is 9.37. The third-order valence-corrected chi connectivity index (χ3v) is 7.11. The standard InChI is InChI=1S/C27H19F3O4S/c28-27(29,30)19-11-16-25(24(31)17-19)34-26(32)18-33-20-12-14-23(15-13-20)35(21-7-3-1-4-8-21)22-9-5-2-6-10-22/h1-17H,18H2/p+1. The van der Waals surface area contributed by atoms with Gasteiger partial charge in [-0.05, 0) is 66.7 Å². The summed E-state index contributed by atoms with van der Waals surface area (Å²) in [4.78, 5) is 15.5. The van der Waals surface area contributed by atoms with E-state index in [-0.39, 0.29) is 16.6 Å². The molecule has 0 spiro atoms. The Morgan fingerprint density at radius 2 is 1.31 bits per heavy atom. The summed E-state index contributed by atoms with van der Waals surface area (Å²) in [5.41, 5.74) is -1.05. The summed E-state index contributed by atoms with van der Waals surface area (Å²) in [6.45, 7) is -0.483. The van der Waals surface area contributed by atoms with Crippen LogP contribution >= 0.6 is 0 Å². The number of phenolic OH excluding ortho intramolecular Hbond substituents is 1. The van der Waals surface area contributed by atoms with Gasteiger partial charge in [-0.25, -0.2) is 4.79 Å². The highest BCUT2D eigenvalue weighted by Crippen LogP contribution is 2.36. The number of rotatable bonds is 7. The van der Waals surface area contributed by atoms with Crippen LogP contribution in [0.5, 0.6) is 17.2 Å². The third-order valence-electron chi connectivity index (χ3n) is 4.88. The van der Waals surface area contributed by atoms with Crippen LogP contribution in [-0.2, 0) is 21.9 Å². The minimum Gasteiger partial charge on any atom is -0.504 e. The summed E-state index contributed by atoms with van der Waals surface area (Å²) < 4.78 is 48.5. The van der Waals surface area contributed by atoms with Gasteiger partial charge in [-0.1, -0.05) is 36.4 Å². The van der Waals surface area contributed by atoms with Crippen LogP contribution in [0.2, 0.25) is 0 Å². The molecule has 8 heteroatoms. The number of carbonyl (C=O) groups excluding carboxylic acids is 1. The third kappa shape index (κ3) is 6.16. The van der Waals surface area contributed by atoms with Gasteiger partial charge in [-0.15, -0.1) is 0 Å². The highest BCUT2D eigenvalue weighted by atomic mass is 32.2. The number of benzene rings is 4. The van der Waals surface area contributed by atoms with Crippen molar-refractivity contribution in [2.45, 2.75) is 20.9 Å². The van der Waals surface area contributed by atoms with E-state index in [1.54, 1.807) is 12.1 Å². The Hall–Kier alpha value is -3.91. The molecule has 0 atom stereocenters. The van der Waals surface area contributed by atoms with E-state index in [1.807, 2.05) is 48.5 Å². The second kappa shape index (κ2) is 10.6. The lowest BCUT2D eigenvalue weighted by molar-refractivity contribution is -0.137. The predicted octanol–water partition coefficient (Wildman–Crippen LogP) is 6.49. The zero-order valence-corrected chi connectivity index (χ0v) is 19.1. The first-order valence-electron chi connectivity index (χ1n) is 10.5. The van der Waals surface area contributed by atoms with Gasteiger partial charge in [0.25, 0.3) is 0 Å². The van der Waals surface area contributed by atoms with Crippen LogP contribution in [0.15, 0.2) is 118 Å². The first-order valence-corrected chi connectivity index (χ1v) is 11.7. The smallest absolute Gasteiger partial charge is 0.416 e. The summed E-state index contributed by atoms with van der Waals surface area (Å²) in [6.07, 6.45) is -4.62. The molecule has 1 N–H and O–H groups in total. The van der Waals surface area contributed by atoms with Crippen LogP contribution in [0, 0.1) is 0 Å². The molecule has 0 amide bonds. The van der Waals surface area contributed by atoms with Crippen LogP contribution in [0.25, 0.3) is 0 Å². The number of carbonyl (C=O) groups is 1. The maximum Gasteiger partial charge on any atom is 0.416 e. The van der Waals surface area contributed by atoms with Crippen molar-refractivity contribution in [3.05, 3.63) is 109 Å². The molecular formula is C27H20F3O4S+. The van der Waals surface area contributed by atoms with E-state index >= 15 is 0 Å². The topological polar surface area (TPSA) is 55.8 Å². The zero-order valence-electron chi connectivity index (χ0n) is 18.2. The SMILES string of the molecule is O=C(COc1ccc([S+](c2ccccc2)c2ccccc2)cc1)Oc1ccc(C(F)(F)F)cc1O. The fourth-order valence-corrected chi connectivity index (χ4v) is 5.35. The minimum absolute atomic E-state index is 0.328. The van der Waals surface area contributed by atoms with Gasteiger partial charge in [0, 0.05) is 0 Å². The number of phenols is 1. The zero-order chi connectivity index (χ0) is 24.8.